The third-order valence-corrected chi connectivity index (χ3v) is 10.1. The number of amides is 4. The lowest BCUT2D eigenvalue weighted by Gasteiger charge is -2.17. The van der Waals surface area contributed by atoms with Gasteiger partial charge in [0.15, 0.2) is 17.1 Å². The molecule has 5 rings (SSSR count). The van der Waals surface area contributed by atoms with Crippen LogP contribution in [0.2, 0.25) is 10.0 Å². The lowest BCUT2D eigenvalue weighted by Crippen LogP contribution is -2.32. The Hall–Kier alpha value is -6.23. The van der Waals surface area contributed by atoms with E-state index in [0.717, 1.165) is 25.0 Å². The first-order valence-corrected chi connectivity index (χ1v) is 21.2. The number of azo groups is 2. The molecule has 0 aromatic heterocycles. The summed E-state index contributed by atoms with van der Waals surface area (Å²) in [5, 5.41) is 26.8. The summed E-state index contributed by atoms with van der Waals surface area (Å²) >= 11 is 30.6. The third kappa shape index (κ3) is 13.6. The van der Waals surface area contributed by atoms with Crippen molar-refractivity contribution in [1.29, 1.82) is 0 Å². The summed E-state index contributed by atoms with van der Waals surface area (Å²) in [6.07, 6.45) is 0. The fourth-order valence-electron chi connectivity index (χ4n) is 5.60. The quantitative estimate of drug-likeness (QED) is 0.0379. The predicted octanol–water partition coefficient (Wildman–Crippen LogP) is 11.3. The second kappa shape index (κ2) is 22.9. The average Bonchev–Trinajstić information content (AvgIpc) is 3.25. The van der Waals surface area contributed by atoms with Gasteiger partial charge in [-0.05, 0) is 105 Å². The first kappa shape index (κ1) is 48.8. The summed E-state index contributed by atoms with van der Waals surface area (Å²) in [4.78, 5) is 78.2. The van der Waals surface area contributed by atoms with E-state index in [0.29, 0.717) is 11.4 Å². The van der Waals surface area contributed by atoms with Crippen LogP contribution in [0.1, 0.15) is 52.6 Å². The molecule has 0 aliphatic carbocycles. The Morgan fingerprint density at radius 2 is 1.03 bits per heavy atom. The number of ketones is 2. The number of nitrogens with one attached hydrogen (secondary N) is 4. The number of benzene rings is 5. The Balaban J connectivity index is 1.29. The second-order valence-corrected chi connectivity index (χ2v) is 15.7. The molecule has 0 saturated carbocycles. The third-order valence-electron chi connectivity index (χ3n) is 8.72. The molecule has 0 radical (unpaired) electrons. The van der Waals surface area contributed by atoms with E-state index in [2.05, 4.69) is 41.7 Å². The maximum absolute atomic E-state index is 13.5. The predicted molar refractivity (Wildman–Crippen MR) is 248 cm³/mol. The Morgan fingerprint density at radius 1 is 0.578 bits per heavy atom. The highest BCUT2D eigenvalue weighted by Crippen LogP contribution is 2.32. The van der Waals surface area contributed by atoms with Crippen molar-refractivity contribution in [2.24, 2.45) is 20.5 Å². The molecule has 5 aromatic carbocycles. The Labute approximate surface area is 391 Å². The summed E-state index contributed by atoms with van der Waals surface area (Å²) in [5.41, 5.74) is 2.18. The van der Waals surface area contributed by atoms with Gasteiger partial charge in [-0.25, -0.2) is 0 Å². The molecule has 330 valence electrons. The molecule has 3 atom stereocenters. The van der Waals surface area contributed by atoms with E-state index in [1.807, 2.05) is 12.1 Å². The highest BCUT2D eigenvalue weighted by Gasteiger charge is 2.27. The van der Waals surface area contributed by atoms with Crippen LogP contribution >= 0.6 is 58.0 Å². The van der Waals surface area contributed by atoms with E-state index in [4.69, 9.17) is 62.7 Å². The zero-order chi connectivity index (χ0) is 46.5. The van der Waals surface area contributed by atoms with Crippen molar-refractivity contribution in [1.82, 2.24) is 0 Å². The van der Waals surface area contributed by atoms with Gasteiger partial charge in [-0.3, -0.25) is 28.8 Å². The molecule has 4 N–H and O–H groups in total. The Morgan fingerprint density at radius 3 is 1.47 bits per heavy atom. The number of halogens is 5. The number of rotatable bonds is 18. The zero-order valence-electron chi connectivity index (χ0n) is 34.0. The molecular formula is C44H37Cl5N8O7. The molecule has 20 heteroatoms. The second-order valence-electron chi connectivity index (χ2n) is 13.7. The fraction of sp³-hybridized carbons (Fsp3) is 0.182. The molecule has 0 aliphatic heterocycles. The van der Waals surface area contributed by atoms with Crippen molar-refractivity contribution in [2.45, 2.75) is 50.2 Å². The van der Waals surface area contributed by atoms with Crippen LogP contribution in [-0.4, -0.2) is 52.8 Å². The number of carbonyl (C=O) groups excluding carboxylic acids is 6. The van der Waals surface area contributed by atoms with Gasteiger partial charge in [-0.1, -0.05) is 59.1 Å². The molecule has 15 nitrogen and oxygen atoms in total. The van der Waals surface area contributed by atoms with Crippen LogP contribution in [0.15, 0.2) is 124 Å². The van der Waals surface area contributed by atoms with E-state index in [1.54, 1.807) is 36.4 Å². The fourth-order valence-corrected chi connectivity index (χ4v) is 6.34. The molecule has 0 fully saturated rings. The summed E-state index contributed by atoms with van der Waals surface area (Å²) in [7, 11) is 0. The van der Waals surface area contributed by atoms with Crippen LogP contribution in [0.4, 0.5) is 34.1 Å². The van der Waals surface area contributed by atoms with Crippen LogP contribution < -0.4 is 26.0 Å². The van der Waals surface area contributed by atoms with Crippen LogP contribution in [-0.2, 0) is 30.9 Å². The molecule has 4 amide bonds. The molecule has 0 saturated heterocycles. The van der Waals surface area contributed by atoms with Crippen LogP contribution in [0.5, 0.6) is 5.75 Å². The largest absolute Gasteiger partial charge is 0.473 e. The van der Waals surface area contributed by atoms with E-state index >= 15 is 0 Å². The average molecular weight is 967 g/mol. The molecule has 0 spiro atoms. The molecule has 64 heavy (non-hydrogen) atoms. The van der Waals surface area contributed by atoms with Gasteiger partial charge in [-0.2, -0.15) is 20.5 Å². The van der Waals surface area contributed by atoms with Crippen molar-refractivity contribution in [3.63, 3.8) is 0 Å². The van der Waals surface area contributed by atoms with Crippen LogP contribution in [0, 0.1) is 0 Å². The molecule has 3 unspecified atom stereocenters. The van der Waals surface area contributed by atoms with E-state index < -0.39 is 52.8 Å². The number of nitrogens with zero attached hydrogens (tertiary/aromatic N) is 4. The lowest BCUT2D eigenvalue weighted by molar-refractivity contribution is -0.127. The van der Waals surface area contributed by atoms with Crippen LogP contribution in [0.3, 0.4) is 0 Å². The number of anilines is 4. The Bertz CT molecular complexity index is 2660. The van der Waals surface area contributed by atoms with Crippen molar-refractivity contribution < 1.29 is 33.5 Å². The van der Waals surface area contributed by atoms with E-state index in [9.17, 15) is 28.8 Å². The maximum atomic E-state index is 13.5. The van der Waals surface area contributed by atoms with Crippen molar-refractivity contribution in [3.8, 4) is 5.75 Å². The summed E-state index contributed by atoms with van der Waals surface area (Å²) in [6, 6.07) is 23.2. The van der Waals surface area contributed by atoms with Gasteiger partial charge in [0.05, 0.1) is 15.7 Å². The number of hydrogen-bond donors (Lipinski definition) is 4. The van der Waals surface area contributed by atoms with Gasteiger partial charge in [0.25, 0.3) is 23.6 Å². The summed E-state index contributed by atoms with van der Waals surface area (Å²) in [6.45, 7) is 3.77. The minimum atomic E-state index is -1.68. The normalized spacial score (nSPS) is 12.6. The molecule has 0 heterocycles. The maximum Gasteiger partial charge on any atom is 0.258 e. The topological polar surface area (TPSA) is 209 Å². The Kier molecular flexibility index (Phi) is 17.5. The summed E-state index contributed by atoms with van der Waals surface area (Å²) in [5.74, 6) is -3.65. The SMILES string of the molecule is CC(=O)C(N=Nc1cc(C(=O)Nc2cccc(CCl)c2)ccc1Cl)C(=O)Nc1ccc(NC(=O)C(N=Nc2cc(C(=O)Nc3cccc(CCl)c3)ccc2Cl)C(C)=O)c(OC(C)Cl)c1. The smallest absolute Gasteiger partial charge is 0.258 e. The molecule has 0 bridgehead atoms. The highest BCUT2D eigenvalue weighted by molar-refractivity contribution is 6.33. The highest BCUT2D eigenvalue weighted by atomic mass is 35.5. The van der Waals surface area contributed by atoms with Crippen molar-refractivity contribution in [3.05, 3.63) is 135 Å². The van der Waals surface area contributed by atoms with Gasteiger partial charge in [0, 0.05) is 46.0 Å². The lowest BCUT2D eigenvalue weighted by atomic mass is 10.1. The number of hydrogen-bond acceptors (Lipinski definition) is 11. The van der Waals surface area contributed by atoms with Crippen LogP contribution in [0.25, 0.3) is 0 Å². The van der Waals surface area contributed by atoms with Crippen molar-refractivity contribution in [2.75, 3.05) is 21.3 Å². The van der Waals surface area contributed by atoms with Crippen molar-refractivity contribution >= 4 is 127 Å². The molecule has 0 aliphatic rings. The van der Waals surface area contributed by atoms with Gasteiger partial charge in [0.2, 0.25) is 12.1 Å². The van der Waals surface area contributed by atoms with Gasteiger partial charge in [0.1, 0.15) is 17.1 Å². The molecular weight excluding hydrogens is 930 g/mol. The minimum Gasteiger partial charge on any atom is -0.473 e. The van der Waals surface area contributed by atoms with Gasteiger partial charge < -0.3 is 26.0 Å². The van der Waals surface area contributed by atoms with E-state index in [-0.39, 0.29) is 61.4 Å². The monoisotopic (exact) mass is 964 g/mol. The standard InChI is InChI=1S/C44H37Cl5N8O7/c1-23(58)39(56-54-36-18-28(10-13-33(36)48)41(60)50-30-8-4-6-26(16-30)21-45)43(62)52-32-12-15-35(38(20-32)64-25(3)47)53-44(63)40(24(2)59)57-55-37-19-29(11-14-34(37)49)42(61)51-31-9-5-7-27(17-31)22-46/h4-20,25,39-40H,21-22H2,1-3H3,(H,50,60)(H,51,61)(H,52,62)(H,53,63). The minimum absolute atomic E-state index is 0.0102. The van der Waals surface area contributed by atoms with Gasteiger partial charge in [-0.15, -0.1) is 23.2 Å². The van der Waals surface area contributed by atoms with E-state index in [1.165, 1.54) is 61.5 Å². The summed E-state index contributed by atoms with van der Waals surface area (Å²) < 4.78 is 5.69. The number of ether oxygens (including phenoxy) is 1. The zero-order valence-corrected chi connectivity index (χ0v) is 37.8. The number of Topliss-reactive ketones (excluding diaryl/α,β-unsaturated/α-hetero) is 2. The molecule has 5 aromatic rings. The number of alkyl halides is 3. The number of carbonyl (C=O) groups is 6. The van der Waals surface area contributed by atoms with Gasteiger partial charge >= 0.3 is 0 Å². The first-order chi connectivity index (χ1) is 30.5. The first-order valence-electron chi connectivity index (χ1n) is 19.0.